The summed E-state index contributed by atoms with van der Waals surface area (Å²) in [5.74, 6) is -0.174. The number of carbonyl (C=O) groups excluding carboxylic acids is 1. The Morgan fingerprint density at radius 2 is 0.729 bits per heavy atom. The van der Waals surface area contributed by atoms with Crippen LogP contribution in [0.15, 0.2) is 72.9 Å². The average molecular weight is 1190 g/mol. The topological polar surface area (TPSA) is 149 Å². The first-order chi connectivity index (χ1) is 41.8. The van der Waals surface area contributed by atoms with Gasteiger partial charge in [-0.15, -0.1) is 0 Å². The summed E-state index contributed by atoms with van der Waals surface area (Å²) >= 11 is 0. The minimum Gasteiger partial charge on any atom is -0.394 e. The lowest BCUT2D eigenvalue weighted by Crippen LogP contribution is -2.60. The second kappa shape index (κ2) is 64.6. The Balaban J connectivity index is 2.12. The van der Waals surface area contributed by atoms with Gasteiger partial charge in [-0.2, -0.15) is 0 Å². The number of aliphatic hydroxyl groups excluding tert-OH is 5. The van der Waals surface area contributed by atoms with E-state index in [4.69, 9.17) is 9.47 Å². The van der Waals surface area contributed by atoms with Crippen LogP contribution < -0.4 is 5.32 Å². The van der Waals surface area contributed by atoms with E-state index in [0.29, 0.717) is 6.42 Å². The third-order valence-electron chi connectivity index (χ3n) is 17.3. The summed E-state index contributed by atoms with van der Waals surface area (Å²) in [7, 11) is 0. The molecular weight excluding hydrogens is 1050 g/mol. The second-order valence-electron chi connectivity index (χ2n) is 25.4. The molecule has 85 heavy (non-hydrogen) atoms. The molecule has 9 nitrogen and oxygen atoms in total. The molecule has 7 unspecified atom stereocenters. The van der Waals surface area contributed by atoms with Gasteiger partial charge in [0.1, 0.15) is 24.4 Å². The zero-order valence-electron chi connectivity index (χ0n) is 55.6. The quantitative estimate of drug-likeness (QED) is 0.0261. The summed E-state index contributed by atoms with van der Waals surface area (Å²) in [6.07, 6.45) is 84.4. The van der Waals surface area contributed by atoms with Gasteiger partial charge in [0, 0.05) is 6.42 Å². The third-order valence-corrected chi connectivity index (χ3v) is 17.3. The van der Waals surface area contributed by atoms with Crippen molar-refractivity contribution >= 4 is 5.91 Å². The minimum absolute atomic E-state index is 0.174. The van der Waals surface area contributed by atoms with Gasteiger partial charge < -0.3 is 40.3 Å². The molecule has 1 saturated heterocycles. The monoisotopic (exact) mass is 1190 g/mol. The molecule has 496 valence electrons. The molecule has 1 aliphatic heterocycles. The molecule has 9 heteroatoms. The number of carbonyl (C=O) groups is 1. The lowest BCUT2D eigenvalue weighted by Gasteiger charge is -2.40. The lowest BCUT2D eigenvalue weighted by atomic mass is 9.99. The lowest BCUT2D eigenvalue weighted by molar-refractivity contribution is -0.302. The number of amides is 1. The van der Waals surface area contributed by atoms with E-state index >= 15 is 0 Å². The molecule has 7 atom stereocenters. The van der Waals surface area contributed by atoms with Gasteiger partial charge in [-0.25, -0.2) is 0 Å². The van der Waals surface area contributed by atoms with Crippen molar-refractivity contribution in [2.75, 3.05) is 13.2 Å². The van der Waals surface area contributed by atoms with Gasteiger partial charge in [-0.1, -0.05) is 350 Å². The molecule has 1 rings (SSSR count). The van der Waals surface area contributed by atoms with Crippen LogP contribution in [0.3, 0.4) is 0 Å². The standard InChI is InChI=1S/C76H139NO8/c1-3-5-7-9-11-13-15-17-19-21-23-25-27-29-31-33-35-37-39-41-43-45-47-49-51-53-55-57-59-61-63-65-70(79)69(68-84-76-75(83)74(82)73(81)71(67-78)85-76)77-72(80)66-64-62-60-58-56-54-52-50-48-46-44-42-40-38-36-34-32-30-28-26-24-22-20-18-16-14-12-10-8-6-4-2/h6,8,12,14,18,20,24,26,30,32,63,65,69-71,73-76,78-79,81-83H,3-5,7,9-11,13,15-17,19,21-23,25,27-29,31,33-62,64,66-68H2,1-2H3,(H,77,80)/b8-6-,14-12-,20-18-,26-24-,32-30-,65-63+. The Bertz CT molecular complexity index is 1570. The van der Waals surface area contributed by atoms with Crippen LogP contribution in [0, 0.1) is 0 Å². The highest BCUT2D eigenvalue weighted by atomic mass is 16.7. The molecule has 0 aromatic rings. The second-order valence-corrected chi connectivity index (χ2v) is 25.4. The van der Waals surface area contributed by atoms with Gasteiger partial charge in [-0.3, -0.25) is 4.79 Å². The smallest absolute Gasteiger partial charge is 0.220 e. The summed E-state index contributed by atoms with van der Waals surface area (Å²) in [6.45, 7) is 3.71. The summed E-state index contributed by atoms with van der Waals surface area (Å²) in [6, 6.07) is -0.810. The first-order valence-corrected chi connectivity index (χ1v) is 36.7. The van der Waals surface area contributed by atoms with E-state index in [0.717, 1.165) is 70.6 Å². The predicted octanol–water partition coefficient (Wildman–Crippen LogP) is 20.3. The Labute approximate surface area is 525 Å². The number of rotatable bonds is 64. The van der Waals surface area contributed by atoms with Crippen LogP contribution in [0.25, 0.3) is 0 Å². The van der Waals surface area contributed by atoms with Crippen molar-refractivity contribution in [3.05, 3.63) is 72.9 Å². The highest BCUT2D eigenvalue weighted by Gasteiger charge is 2.44. The third kappa shape index (κ3) is 53.2. The van der Waals surface area contributed by atoms with Gasteiger partial charge in [0.25, 0.3) is 0 Å². The van der Waals surface area contributed by atoms with Crippen LogP contribution in [0.5, 0.6) is 0 Å². The zero-order valence-corrected chi connectivity index (χ0v) is 55.6. The van der Waals surface area contributed by atoms with Crippen molar-refractivity contribution in [3.63, 3.8) is 0 Å². The molecule has 1 fully saturated rings. The number of ether oxygens (including phenoxy) is 2. The predicted molar refractivity (Wildman–Crippen MR) is 364 cm³/mol. The SMILES string of the molecule is CC/C=C\C/C=C\C/C=C\C/C=C\C/C=C\CCCCCCCCCCCCCCCCCC(=O)NC(COC1OC(CO)C(O)C(O)C1O)C(O)/C=C/CCCCCCCCCCCCCCCCCCCCCCCCCCCCCCC. The van der Waals surface area contributed by atoms with Crippen LogP contribution in [0.4, 0.5) is 0 Å². The van der Waals surface area contributed by atoms with Gasteiger partial charge in [-0.05, 0) is 64.2 Å². The van der Waals surface area contributed by atoms with E-state index in [9.17, 15) is 30.3 Å². The Morgan fingerprint density at radius 1 is 0.412 bits per heavy atom. The normalized spacial score (nSPS) is 18.5. The molecule has 0 spiro atoms. The summed E-state index contributed by atoms with van der Waals surface area (Å²) in [4.78, 5) is 13.1. The molecule has 0 saturated carbocycles. The fourth-order valence-electron chi connectivity index (χ4n) is 11.6. The van der Waals surface area contributed by atoms with Gasteiger partial charge in [0.05, 0.1) is 25.4 Å². The molecule has 6 N–H and O–H groups in total. The molecule has 0 aromatic carbocycles. The molecule has 0 radical (unpaired) electrons. The van der Waals surface area contributed by atoms with E-state index in [-0.39, 0.29) is 12.5 Å². The average Bonchev–Trinajstić information content (AvgIpc) is 3.54. The van der Waals surface area contributed by atoms with Gasteiger partial charge >= 0.3 is 0 Å². The highest BCUT2D eigenvalue weighted by Crippen LogP contribution is 2.23. The number of allylic oxidation sites excluding steroid dienone is 11. The summed E-state index contributed by atoms with van der Waals surface area (Å²) in [5.41, 5.74) is 0. The van der Waals surface area contributed by atoms with Crippen molar-refractivity contribution in [3.8, 4) is 0 Å². The van der Waals surface area contributed by atoms with Gasteiger partial charge in [0.15, 0.2) is 6.29 Å². The van der Waals surface area contributed by atoms with Crippen molar-refractivity contribution in [2.24, 2.45) is 0 Å². The molecule has 0 aliphatic carbocycles. The Kier molecular flexibility index (Phi) is 61.3. The van der Waals surface area contributed by atoms with E-state index in [1.54, 1.807) is 6.08 Å². The Morgan fingerprint density at radius 3 is 1.08 bits per heavy atom. The van der Waals surface area contributed by atoms with Crippen molar-refractivity contribution in [2.45, 2.75) is 391 Å². The maximum atomic E-state index is 13.1. The maximum Gasteiger partial charge on any atom is 0.220 e. The highest BCUT2D eigenvalue weighted by molar-refractivity contribution is 5.76. The molecule has 1 amide bonds. The zero-order chi connectivity index (χ0) is 61.4. The van der Waals surface area contributed by atoms with E-state index in [1.807, 2.05) is 6.08 Å². The molecule has 0 aromatic heterocycles. The fraction of sp³-hybridized carbons (Fsp3) is 0.829. The number of hydrogen-bond acceptors (Lipinski definition) is 8. The van der Waals surface area contributed by atoms with Crippen LogP contribution in [0.1, 0.15) is 348 Å². The number of nitrogens with one attached hydrogen (secondary N) is 1. The van der Waals surface area contributed by atoms with Crippen LogP contribution >= 0.6 is 0 Å². The summed E-state index contributed by atoms with van der Waals surface area (Å²) < 4.78 is 11.3. The largest absolute Gasteiger partial charge is 0.394 e. The first-order valence-electron chi connectivity index (χ1n) is 36.7. The van der Waals surface area contributed by atoms with E-state index < -0.39 is 49.5 Å². The van der Waals surface area contributed by atoms with Crippen molar-refractivity contribution in [1.82, 2.24) is 5.32 Å². The molecule has 1 aliphatic rings. The van der Waals surface area contributed by atoms with E-state index in [2.05, 4.69) is 79.9 Å². The number of unbranched alkanes of at least 4 members (excludes halogenated alkanes) is 44. The molecule has 0 bridgehead atoms. The van der Waals surface area contributed by atoms with Gasteiger partial charge in [0.2, 0.25) is 5.91 Å². The molecular formula is C76H139NO8. The van der Waals surface area contributed by atoms with Crippen LogP contribution in [-0.2, 0) is 14.3 Å². The number of hydrogen-bond donors (Lipinski definition) is 6. The van der Waals surface area contributed by atoms with E-state index in [1.165, 1.54) is 257 Å². The van der Waals surface area contributed by atoms with Crippen molar-refractivity contribution < 1.29 is 39.8 Å². The van der Waals surface area contributed by atoms with Crippen LogP contribution in [0.2, 0.25) is 0 Å². The first kappa shape index (κ1) is 80.6. The van der Waals surface area contributed by atoms with Crippen molar-refractivity contribution in [1.29, 1.82) is 0 Å². The summed E-state index contributed by atoms with van der Waals surface area (Å²) in [5, 5.41) is 54.8. The fourth-order valence-corrected chi connectivity index (χ4v) is 11.6. The Hall–Kier alpha value is -2.37. The van der Waals surface area contributed by atoms with Crippen LogP contribution in [-0.4, -0.2) is 87.5 Å². The maximum absolute atomic E-state index is 13.1. The molecule has 1 heterocycles. The number of aliphatic hydroxyl groups is 5. The minimum atomic E-state index is -1.57.